The van der Waals surface area contributed by atoms with Crippen LogP contribution in [0.3, 0.4) is 0 Å². The molecule has 0 aliphatic heterocycles. The second-order valence-corrected chi connectivity index (χ2v) is 3.94. The molecule has 2 aromatic rings. The number of aromatic nitrogens is 2. The Kier molecular flexibility index (Phi) is 3.10. The predicted octanol–water partition coefficient (Wildman–Crippen LogP) is 3.45. The first-order valence-corrected chi connectivity index (χ1v) is 5.63. The highest BCUT2D eigenvalue weighted by Crippen LogP contribution is 2.22. The quantitative estimate of drug-likeness (QED) is 0.799. The smallest absolute Gasteiger partial charge is 0.175 e. The van der Waals surface area contributed by atoms with E-state index in [9.17, 15) is 0 Å². The summed E-state index contributed by atoms with van der Waals surface area (Å²) in [5, 5.41) is 0. The van der Waals surface area contributed by atoms with Crippen LogP contribution in [0.25, 0.3) is 11.3 Å². The van der Waals surface area contributed by atoms with E-state index < -0.39 is 0 Å². The molecule has 4 heteroatoms. The fourth-order valence-electron chi connectivity index (χ4n) is 1.64. The van der Waals surface area contributed by atoms with Crippen molar-refractivity contribution >= 4 is 12.2 Å². The van der Waals surface area contributed by atoms with Gasteiger partial charge in [-0.05, 0) is 50.3 Å². The standard InChI is InChI=1S/C12H14N2OS/c1-3-15-10-6-4-9(5-7-10)11-8(2)13-12(16)14-11/h4-7H,3H2,1-2H3,(H2,13,14,16). The third-order valence-electron chi connectivity index (χ3n) is 2.37. The molecule has 2 rings (SSSR count). The lowest BCUT2D eigenvalue weighted by molar-refractivity contribution is 0.340. The lowest BCUT2D eigenvalue weighted by Crippen LogP contribution is -1.90. The molecule has 2 N–H and O–H groups in total. The van der Waals surface area contributed by atoms with E-state index in [-0.39, 0.29) is 0 Å². The molecule has 1 aromatic carbocycles. The van der Waals surface area contributed by atoms with Crippen molar-refractivity contribution in [3.05, 3.63) is 34.7 Å². The summed E-state index contributed by atoms with van der Waals surface area (Å²) >= 11 is 5.05. The molecule has 0 saturated carbocycles. The highest BCUT2D eigenvalue weighted by Gasteiger charge is 2.04. The zero-order chi connectivity index (χ0) is 11.5. The molecule has 84 valence electrons. The zero-order valence-electron chi connectivity index (χ0n) is 9.33. The van der Waals surface area contributed by atoms with Crippen LogP contribution in [0.2, 0.25) is 0 Å². The van der Waals surface area contributed by atoms with Crippen LogP contribution in [0.15, 0.2) is 24.3 Å². The zero-order valence-corrected chi connectivity index (χ0v) is 10.1. The molecule has 0 radical (unpaired) electrons. The van der Waals surface area contributed by atoms with Crippen LogP contribution < -0.4 is 4.74 Å². The molecule has 0 saturated heterocycles. The number of H-pyrrole nitrogens is 2. The summed E-state index contributed by atoms with van der Waals surface area (Å²) in [6, 6.07) is 7.96. The van der Waals surface area contributed by atoms with E-state index in [2.05, 4.69) is 9.97 Å². The van der Waals surface area contributed by atoms with E-state index in [0.29, 0.717) is 11.4 Å². The van der Waals surface area contributed by atoms with Gasteiger partial charge in [0.2, 0.25) is 0 Å². The second-order valence-electron chi connectivity index (χ2n) is 3.54. The van der Waals surface area contributed by atoms with Crippen molar-refractivity contribution in [2.75, 3.05) is 6.61 Å². The van der Waals surface area contributed by atoms with E-state index in [0.717, 1.165) is 22.7 Å². The highest BCUT2D eigenvalue weighted by atomic mass is 32.1. The average Bonchev–Trinajstić information content (AvgIpc) is 2.59. The summed E-state index contributed by atoms with van der Waals surface area (Å²) in [4.78, 5) is 6.20. The molecule has 0 amide bonds. The van der Waals surface area contributed by atoms with Gasteiger partial charge in [-0.3, -0.25) is 0 Å². The number of benzene rings is 1. The average molecular weight is 234 g/mol. The van der Waals surface area contributed by atoms with E-state index in [1.54, 1.807) is 0 Å². The summed E-state index contributed by atoms with van der Waals surface area (Å²) < 4.78 is 6.05. The third-order valence-corrected chi connectivity index (χ3v) is 2.57. The van der Waals surface area contributed by atoms with E-state index in [1.807, 2.05) is 38.1 Å². The van der Waals surface area contributed by atoms with Crippen LogP contribution in [-0.2, 0) is 0 Å². The van der Waals surface area contributed by atoms with Gasteiger partial charge in [-0.25, -0.2) is 0 Å². The maximum atomic E-state index is 5.39. The van der Waals surface area contributed by atoms with E-state index in [1.165, 1.54) is 0 Å². The first-order chi connectivity index (χ1) is 7.70. The van der Waals surface area contributed by atoms with E-state index >= 15 is 0 Å². The normalized spacial score (nSPS) is 10.4. The lowest BCUT2D eigenvalue weighted by atomic mass is 10.1. The fraction of sp³-hybridized carbons (Fsp3) is 0.250. The van der Waals surface area contributed by atoms with Gasteiger partial charge in [0.05, 0.1) is 12.3 Å². The Hall–Kier alpha value is -1.55. The van der Waals surface area contributed by atoms with Gasteiger partial charge in [-0.1, -0.05) is 0 Å². The molecule has 0 fully saturated rings. The maximum Gasteiger partial charge on any atom is 0.175 e. The number of aromatic amines is 2. The molecule has 16 heavy (non-hydrogen) atoms. The maximum absolute atomic E-state index is 5.39. The van der Waals surface area contributed by atoms with Gasteiger partial charge < -0.3 is 14.7 Å². The number of nitrogens with one attached hydrogen (secondary N) is 2. The third kappa shape index (κ3) is 2.17. The number of hydrogen-bond donors (Lipinski definition) is 2. The van der Waals surface area contributed by atoms with Crippen molar-refractivity contribution in [2.24, 2.45) is 0 Å². The van der Waals surface area contributed by atoms with Gasteiger partial charge in [0.15, 0.2) is 4.77 Å². The van der Waals surface area contributed by atoms with Gasteiger partial charge >= 0.3 is 0 Å². The van der Waals surface area contributed by atoms with Crippen LogP contribution in [0, 0.1) is 11.7 Å². The molecule has 1 heterocycles. The van der Waals surface area contributed by atoms with Crippen LogP contribution in [0.4, 0.5) is 0 Å². The lowest BCUT2D eigenvalue weighted by Gasteiger charge is -2.04. The summed E-state index contributed by atoms with van der Waals surface area (Å²) in [6.45, 7) is 4.66. The van der Waals surface area contributed by atoms with Crippen LogP contribution in [-0.4, -0.2) is 16.6 Å². The first-order valence-electron chi connectivity index (χ1n) is 5.23. The summed E-state index contributed by atoms with van der Waals surface area (Å²) in [5.41, 5.74) is 3.19. The highest BCUT2D eigenvalue weighted by molar-refractivity contribution is 7.71. The summed E-state index contributed by atoms with van der Waals surface area (Å²) in [6.07, 6.45) is 0. The molecular weight excluding hydrogens is 220 g/mol. The largest absolute Gasteiger partial charge is 0.494 e. The van der Waals surface area contributed by atoms with Gasteiger partial charge in [0, 0.05) is 11.3 Å². The topological polar surface area (TPSA) is 40.8 Å². The summed E-state index contributed by atoms with van der Waals surface area (Å²) in [5.74, 6) is 0.887. The van der Waals surface area contributed by atoms with Crippen LogP contribution in [0.5, 0.6) is 5.75 Å². The van der Waals surface area contributed by atoms with Gasteiger partial charge in [-0.15, -0.1) is 0 Å². The molecule has 0 spiro atoms. The van der Waals surface area contributed by atoms with Gasteiger partial charge in [0.25, 0.3) is 0 Å². The van der Waals surface area contributed by atoms with Crippen LogP contribution in [0.1, 0.15) is 12.6 Å². The monoisotopic (exact) mass is 234 g/mol. The number of hydrogen-bond acceptors (Lipinski definition) is 2. The Bertz CT molecular complexity index is 525. The number of aryl methyl sites for hydroxylation is 1. The Labute approximate surface area is 99.5 Å². The minimum Gasteiger partial charge on any atom is -0.494 e. The second kappa shape index (κ2) is 4.53. The molecule has 3 nitrogen and oxygen atoms in total. The van der Waals surface area contributed by atoms with Gasteiger partial charge in [0.1, 0.15) is 5.75 Å². The van der Waals surface area contributed by atoms with Gasteiger partial charge in [-0.2, -0.15) is 0 Å². The van der Waals surface area contributed by atoms with Crippen molar-refractivity contribution in [3.63, 3.8) is 0 Å². The first kappa shape index (κ1) is 11.0. The molecule has 1 aromatic heterocycles. The molecule has 0 unspecified atom stereocenters. The van der Waals surface area contributed by atoms with Crippen molar-refractivity contribution in [2.45, 2.75) is 13.8 Å². The van der Waals surface area contributed by atoms with E-state index in [4.69, 9.17) is 17.0 Å². The van der Waals surface area contributed by atoms with Crippen molar-refractivity contribution in [1.82, 2.24) is 9.97 Å². The van der Waals surface area contributed by atoms with Crippen molar-refractivity contribution in [3.8, 4) is 17.0 Å². The number of imidazole rings is 1. The van der Waals surface area contributed by atoms with Crippen molar-refractivity contribution in [1.29, 1.82) is 0 Å². The molecule has 0 aliphatic rings. The Morgan fingerprint density at radius 3 is 2.38 bits per heavy atom. The fourth-order valence-corrected chi connectivity index (χ4v) is 1.90. The minimum atomic E-state index is 0.654. The number of rotatable bonds is 3. The predicted molar refractivity (Wildman–Crippen MR) is 67.3 cm³/mol. The molecule has 0 aliphatic carbocycles. The molecule has 0 bridgehead atoms. The van der Waals surface area contributed by atoms with Crippen LogP contribution >= 0.6 is 12.2 Å². The minimum absolute atomic E-state index is 0.654. The summed E-state index contributed by atoms with van der Waals surface area (Å²) in [7, 11) is 0. The SMILES string of the molecule is CCOc1ccc(-c2[nH]c(=S)[nH]c2C)cc1. The molecule has 0 atom stereocenters. The van der Waals surface area contributed by atoms with Crippen molar-refractivity contribution < 1.29 is 4.74 Å². The Morgan fingerprint density at radius 1 is 1.19 bits per heavy atom. The Morgan fingerprint density at radius 2 is 1.88 bits per heavy atom. The Balaban J connectivity index is 2.34. The molecular formula is C12H14N2OS. The number of ether oxygens (including phenoxy) is 1.